The van der Waals surface area contributed by atoms with Gasteiger partial charge < -0.3 is 5.32 Å². The molecule has 0 saturated carbocycles. The normalized spacial score (nSPS) is 38.5. The van der Waals surface area contributed by atoms with Gasteiger partial charge in [-0.3, -0.25) is 4.79 Å². The van der Waals surface area contributed by atoms with Crippen LogP contribution in [-0.4, -0.2) is 24.0 Å². The summed E-state index contributed by atoms with van der Waals surface area (Å²) in [6, 6.07) is -0.127. The minimum atomic E-state index is -4.36. The summed E-state index contributed by atoms with van der Waals surface area (Å²) >= 11 is 0. The lowest BCUT2D eigenvalue weighted by Crippen LogP contribution is -2.33. The standard InChI is InChI=1S/C9H12F3NO/c10-9(11,12)7-3-5-1-2-6(13-5)4-8(7)14/h5-7,13H,1-4H2. The predicted octanol–water partition coefficient (Wildman–Crippen LogP) is 1.65. The average Bonchev–Trinajstić information content (AvgIpc) is 2.36. The molecule has 2 bridgehead atoms. The predicted molar refractivity (Wildman–Crippen MR) is 43.7 cm³/mol. The fourth-order valence-corrected chi connectivity index (χ4v) is 2.37. The zero-order valence-electron chi connectivity index (χ0n) is 7.60. The van der Waals surface area contributed by atoms with Crippen molar-refractivity contribution in [2.24, 2.45) is 5.92 Å². The van der Waals surface area contributed by atoms with Gasteiger partial charge in [-0.25, -0.2) is 0 Å². The van der Waals surface area contributed by atoms with Crippen molar-refractivity contribution in [3.63, 3.8) is 0 Å². The molecule has 2 aliphatic heterocycles. The minimum Gasteiger partial charge on any atom is -0.311 e. The number of nitrogens with one attached hydrogen (secondary N) is 1. The first kappa shape index (κ1) is 9.96. The van der Waals surface area contributed by atoms with E-state index in [0.29, 0.717) is 0 Å². The molecule has 0 aromatic heterocycles. The van der Waals surface area contributed by atoms with Crippen molar-refractivity contribution in [3.8, 4) is 0 Å². The van der Waals surface area contributed by atoms with E-state index in [4.69, 9.17) is 0 Å². The maximum atomic E-state index is 12.4. The SMILES string of the molecule is O=C1CC2CCC(CC1C(F)(F)F)N2. The number of fused-ring (bicyclic) bond motifs is 2. The molecular weight excluding hydrogens is 195 g/mol. The van der Waals surface area contributed by atoms with Gasteiger partial charge >= 0.3 is 6.18 Å². The maximum absolute atomic E-state index is 12.4. The zero-order valence-corrected chi connectivity index (χ0v) is 7.60. The second-order valence-corrected chi connectivity index (χ2v) is 4.14. The van der Waals surface area contributed by atoms with E-state index in [1.54, 1.807) is 0 Å². The molecule has 0 spiro atoms. The number of rotatable bonds is 0. The molecule has 3 atom stereocenters. The highest BCUT2D eigenvalue weighted by Gasteiger charge is 2.48. The van der Waals surface area contributed by atoms with E-state index in [9.17, 15) is 18.0 Å². The first-order chi connectivity index (χ1) is 6.47. The van der Waals surface area contributed by atoms with Crippen LogP contribution in [0.5, 0.6) is 0 Å². The molecule has 14 heavy (non-hydrogen) atoms. The second-order valence-electron chi connectivity index (χ2n) is 4.14. The van der Waals surface area contributed by atoms with Crippen molar-refractivity contribution < 1.29 is 18.0 Å². The van der Waals surface area contributed by atoms with Gasteiger partial charge in [-0.05, 0) is 19.3 Å². The summed E-state index contributed by atoms with van der Waals surface area (Å²) in [6.45, 7) is 0. The largest absolute Gasteiger partial charge is 0.398 e. The number of Topliss-reactive ketones (excluding diaryl/α,β-unsaturated/α-hetero) is 1. The molecule has 5 heteroatoms. The Labute approximate surface area is 79.9 Å². The molecule has 0 aromatic carbocycles. The van der Waals surface area contributed by atoms with Gasteiger partial charge in [0.15, 0.2) is 0 Å². The monoisotopic (exact) mass is 207 g/mol. The van der Waals surface area contributed by atoms with Gasteiger partial charge in [0, 0.05) is 18.5 Å². The van der Waals surface area contributed by atoms with E-state index in [1.165, 1.54) is 0 Å². The summed E-state index contributed by atoms with van der Waals surface area (Å²) in [4.78, 5) is 11.3. The highest BCUT2D eigenvalue weighted by Crippen LogP contribution is 2.36. The fraction of sp³-hybridized carbons (Fsp3) is 0.889. The quantitative estimate of drug-likeness (QED) is 0.654. The molecule has 2 heterocycles. The molecule has 2 rings (SSSR count). The van der Waals surface area contributed by atoms with Gasteiger partial charge in [0.1, 0.15) is 11.7 Å². The first-order valence-corrected chi connectivity index (χ1v) is 4.82. The first-order valence-electron chi connectivity index (χ1n) is 4.82. The van der Waals surface area contributed by atoms with Gasteiger partial charge in [0.25, 0.3) is 0 Å². The van der Waals surface area contributed by atoms with Crippen molar-refractivity contribution >= 4 is 5.78 Å². The summed E-state index contributed by atoms with van der Waals surface area (Å²) in [5.41, 5.74) is 0. The molecule has 2 aliphatic rings. The fourth-order valence-electron chi connectivity index (χ4n) is 2.37. The van der Waals surface area contributed by atoms with Gasteiger partial charge in [0.05, 0.1) is 0 Å². The summed E-state index contributed by atoms with van der Waals surface area (Å²) in [7, 11) is 0. The van der Waals surface area contributed by atoms with E-state index < -0.39 is 17.9 Å². The van der Waals surface area contributed by atoms with Gasteiger partial charge in [-0.2, -0.15) is 13.2 Å². The molecule has 2 saturated heterocycles. The van der Waals surface area contributed by atoms with Crippen LogP contribution in [0.15, 0.2) is 0 Å². The summed E-state index contributed by atoms with van der Waals surface area (Å²) < 4.78 is 37.3. The number of hydrogen-bond acceptors (Lipinski definition) is 2. The van der Waals surface area contributed by atoms with Crippen LogP contribution in [0.3, 0.4) is 0 Å². The molecule has 0 amide bonds. The maximum Gasteiger partial charge on any atom is 0.398 e. The Balaban J connectivity index is 2.15. The molecule has 2 nitrogen and oxygen atoms in total. The number of carbonyl (C=O) groups excluding carboxylic acids is 1. The third kappa shape index (κ3) is 1.78. The lowest BCUT2D eigenvalue weighted by Gasteiger charge is -2.20. The van der Waals surface area contributed by atoms with Crippen LogP contribution >= 0.6 is 0 Å². The molecule has 2 fully saturated rings. The second kappa shape index (κ2) is 3.22. The highest BCUT2D eigenvalue weighted by molar-refractivity contribution is 5.82. The number of alkyl halides is 3. The van der Waals surface area contributed by atoms with Gasteiger partial charge in [-0.15, -0.1) is 0 Å². The van der Waals surface area contributed by atoms with Crippen molar-refractivity contribution in [3.05, 3.63) is 0 Å². The smallest absolute Gasteiger partial charge is 0.311 e. The molecule has 0 aromatic rings. The summed E-state index contributed by atoms with van der Waals surface area (Å²) in [5, 5.41) is 3.06. The topological polar surface area (TPSA) is 29.1 Å². The number of hydrogen-bond donors (Lipinski definition) is 1. The number of ketones is 1. The van der Waals surface area contributed by atoms with Gasteiger partial charge in [-0.1, -0.05) is 0 Å². The van der Waals surface area contributed by atoms with Crippen LogP contribution in [0.25, 0.3) is 0 Å². The Bertz CT molecular complexity index is 251. The molecule has 0 radical (unpaired) electrons. The Morgan fingerprint density at radius 3 is 2.50 bits per heavy atom. The summed E-state index contributed by atoms with van der Waals surface area (Å²) in [5.74, 6) is -2.37. The lowest BCUT2D eigenvalue weighted by molar-refractivity contribution is -0.183. The third-order valence-corrected chi connectivity index (χ3v) is 3.09. The van der Waals surface area contributed by atoms with Crippen molar-refractivity contribution in [1.82, 2.24) is 5.32 Å². The van der Waals surface area contributed by atoms with Crippen molar-refractivity contribution in [2.45, 2.75) is 43.9 Å². The number of halogens is 3. The zero-order chi connectivity index (χ0) is 10.3. The molecule has 0 aliphatic carbocycles. The van der Waals surface area contributed by atoms with Crippen LogP contribution in [0, 0.1) is 5.92 Å². The molecular formula is C9H12F3NO. The van der Waals surface area contributed by atoms with Crippen molar-refractivity contribution in [2.75, 3.05) is 0 Å². The molecule has 3 unspecified atom stereocenters. The molecule has 80 valence electrons. The summed E-state index contributed by atoms with van der Waals surface area (Å²) in [6.07, 6.45) is -2.78. The molecule has 1 N–H and O–H groups in total. The van der Waals surface area contributed by atoms with E-state index in [2.05, 4.69) is 5.32 Å². The lowest BCUT2D eigenvalue weighted by atomic mass is 9.89. The van der Waals surface area contributed by atoms with E-state index in [-0.39, 0.29) is 24.9 Å². The van der Waals surface area contributed by atoms with Gasteiger partial charge in [0.2, 0.25) is 0 Å². The van der Waals surface area contributed by atoms with E-state index in [1.807, 2.05) is 0 Å². The van der Waals surface area contributed by atoms with E-state index in [0.717, 1.165) is 12.8 Å². The van der Waals surface area contributed by atoms with Crippen molar-refractivity contribution in [1.29, 1.82) is 0 Å². The van der Waals surface area contributed by atoms with Crippen LogP contribution in [0.2, 0.25) is 0 Å². The highest BCUT2D eigenvalue weighted by atomic mass is 19.4. The van der Waals surface area contributed by atoms with E-state index >= 15 is 0 Å². The van der Waals surface area contributed by atoms with Crippen LogP contribution in [0.4, 0.5) is 13.2 Å². The van der Waals surface area contributed by atoms with Crippen LogP contribution in [-0.2, 0) is 4.79 Å². The Hall–Kier alpha value is -0.580. The third-order valence-electron chi connectivity index (χ3n) is 3.09. The Morgan fingerprint density at radius 1 is 1.21 bits per heavy atom. The average molecular weight is 207 g/mol. The van der Waals surface area contributed by atoms with Crippen LogP contribution in [0.1, 0.15) is 25.7 Å². The Morgan fingerprint density at radius 2 is 1.86 bits per heavy atom. The van der Waals surface area contributed by atoms with Crippen LogP contribution < -0.4 is 5.32 Å². The Kier molecular flexibility index (Phi) is 2.29. The number of carbonyl (C=O) groups is 1. The minimum absolute atomic E-state index is 0.0140.